The number of hydrogen-bond donors (Lipinski definition) is 1. The number of hydrogen-bond acceptors (Lipinski definition) is 6. The van der Waals surface area contributed by atoms with E-state index in [9.17, 15) is 9.59 Å². The molecule has 7 nitrogen and oxygen atoms in total. The van der Waals surface area contributed by atoms with Gasteiger partial charge < -0.3 is 19.9 Å². The molecule has 5 rings (SSSR count). The Hall–Kier alpha value is -3.65. The molecule has 2 amide bonds. The highest BCUT2D eigenvalue weighted by Crippen LogP contribution is 2.28. The highest BCUT2D eigenvalue weighted by molar-refractivity contribution is 7.20. The smallest absolute Gasteiger partial charge is 0.365 e. The summed E-state index contributed by atoms with van der Waals surface area (Å²) < 4.78 is 6.53. The molecule has 0 aliphatic carbocycles. The number of anilines is 1. The number of rotatable bonds is 3. The normalized spacial score (nSPS) is 17.7. The van der Waals surface area contributed by atoms with Gasteiger partial charge in [0.05, 0.1) is 4.88 Å². The summed E-state index contributed by atoms with van der Waals surface area (Å²) in [6.45, 7) is 2.36. The Morgan fingerprint density at radius 3 is 2.55 bits per heavy atom. The number of benzene rings is 2. The third-order valence-corrected chi connectivity index (χ3v) is 6.29. The molecule has 2 aliphatic heterocycles. The summed E-state index contributed by atoms with van der Waals surface area (Å²) in [5, 5.41) is 4.00. The second kappa shape index (κ2) is 8.23. The van der Waals surface area contributed by atoms with Crippen molar-refractivity contribution in [3.63, 3.8) is 0 Å². The quantitative estimate of drug-likeness (QED) is 0.503. The minimum Gasteiger partial charge on any atom is -0.401 e. The van der Waals surface area contributed by atoms with E-state index in [0.717, 1.165) is 20.7 Å². The number of ether oxygens (including phenoxy) is 1. The predicted molar refractivity (Wildman–Crippen MR) is 121 cm³/mol. The third-order valence-electron chi connectivity index (χ3n) is 5.19. The van der Waals surface area contributed by atoms with Crippen LogP contribution in [0.1, 0.15) is 4.88 Å². The first kappa shape index (κ1) is 19.3. The van der Waals surface area contributed by atoms with Gasteiger partial charge in [0.2, 0.25) is 5.90 Å². The van der Waals surface area contributed by atoms with E-state index in [1.807, 2.05) is 65.6 Å². The Kier molecular flexibility index (Phi) is 5.13. The van der Waals surface area contributed by atoms with Crippen molar-refractivity contribution in [3.8, 4) is 0 Å². The number of nitrogens with zero attached hydrogens (tertiary/aromatic N) is 3. The van der Waals surface area contributed by atoms with Gasteiger partial charge >= 0.3 is 12.0 Å². The summed E-state index contributed by atoms with van der Waals surface area (Å²) in [5.41, 5.74) is 1.06. The second-order valence-corrected chi connectivity index (χ2v) is 8.37. The molecule has 1 aromatic heterocycles. The number of urea groups is 1. The number of carbonyl (C=O) groups excluding carboxylic acids is 2. The summed E-state index contributed by atoms with van der Waals surface area (Å²) >= 11 is 1.55. The number of piperazine rings is 1. The van der Waals surface area contributed by atoms with Crippen molar-refractivity contribution in [1.82, 2.24) is 9.80 Å². The zero-order valence-corrected chi connectivity index (χ0v) is 17.5. The number of nitrogens with one attached hydrogen (secondary N) is 1. The maximum Gasteiger partial charge on any atom is 0.365 e. The van der Waals surface area contributed by atoms with E-state index in [2.05, 4.69) is 10.3 Å². The molecule has 2 aromatic carbocycles. The van der Waals surface area contributed by atoms with Crippen LogP contribution in [0, 0.1) is 0 Å². The fourth-order valence-corrected chi connectivity index (χ4v) is 4.53. The molecule has 0 unspecified atom stereocenters. The first-order chi connectivity index (χ1) is 15.2. The highest BCUT2D eigenvalue weighted by Gasteiger charge is 2.27. The molecule has 0 spiro atoms. The number of amides is 2. The molecule has 2 aliphatic rings. The van der Waals surface area contributed by atoms with Gasteiger partial charge in [-0.3, -0.25) is 0 Å². The van der Waals surface area contributed by atoms with Crippen LogP contribution < -0.4 is 5.32 Å². The first-order valence-corrected chi connectivity index (χ1v) is 10.8. The summed E-state index contributed by atoms with van der Waals surface area (Å²) in [7, 11) is 0. The van der Waals surface area contributed by atoms with Crippen LogP contribution in [0.4, 0.5) is 10.5 Å². The summed E-state index contributed by atoms with van der Waals surface area (Å²) in [4.78, 5) is 33.8. The van der Waals surface area contributed by atoms with Gasteiger partial charge in [0.1, 0.15) is 0 Å². The van der Waals surface area contributed by atoms with Gasteiger partial charge in [-0.05, 0) is 29.7 Å². The van der Waals surface area contributed by atoms with Gasteiger partial charge in [0.15, 0.2) is 5.70 Å². The van der Waals surface area contributed by atoms with Crippen LogP contribution in [-0.2, 0) is 9.53 Å². The van der Waals surface area contributed by atoms with Gasteiger partial charge in [-0.25, -0.2) is 14.6 Å². The van der Waals surface area contributed by atoms with Crippen LogP contribution in [0.15, 0.2) is 77.6 Å². The van der Waals surface area contributed by atoms with Crippen molar-refractivity contribution in [2.45, 2.75) is 0 Å². The van der Waals surface area contributed by atoms with Crippen molar-refractivity contribution in [2.75, 3.05) is 31.5 Å². The summed E-state index contributed by atoms with van der Waals surface area (Å²) in [6, 6.07) is 19.3. The minimum absolute atomic E-state index is 0.121. The average Bonchev–Trinajstić information content (AvgIpc) is 3.38. The Bertz CT molecular complexity index is 1160. The molecule has 1 saturated heterocycles. The SMILES string of the molecule is O=C1OC(c2cc3ccccc3s2)=NC1=CN1CCN(C(=O)Nc2ccccc2)CC1. The van der Waals surface area contributed by atoms with Gasteiger partial charge in [0, 0.05) is 42.8 Å². The standard InChI is InChI=1S/C23H20N4O3S/c28-22-18(25-21(30-22)20-14-16-6-4-5-9-19(16)31-20)15-26-10-12-27(13-11-26)23(29)24-17-7-2-1-3-8-17/h1-9,14-15H,10-13H2,(H,24,29). The lowest BCUT2D eigenvalue weighted by Gasteiger charge is -2.34. The third kappa shape index (κ3) is 4.15. The Morgan fingerprint density at radius 2 is 1.77 bits per heavy atom. The van der Waals surface area contributed by atoms with Crippen LogP contribution in [-0.4, -0.2) is 53.9 Å². The Balaban J connectivity index is 1.23. The number of thiophene rings is 1. The van der Waals surface area contributed by atoms with Crippen LogP contribution in [0.25, 0.3) is 10.1 Å². The van der Waals surface area contributed by atoms with Crippen LogP contribution >= 0.6 is 11.3 Å². The number of fused-ring (bicyclic) bond motifs is 1. The first-order valence-electron chi connectivity index (χ1n) is 10.0. The lowest BCUT2D eigenvalue weighted by Crippen LogP contribution is -2.48. The van der Waals surface area contributed by atoms with Crippen molar-refractivity contribution in [1.29, 1.82) is 0 Å². The van der Waals surface area contributed by atoms with Crippen molar-refractivity contribution in [3.05, 3.63) is 77.4 Å². The molecule has 31 heavy (non-hydrogen) atoms. The molecule has 0 saturated carbocycles. The van der Waals surface area contributed by atoms with Crippen LogP contribution in [0.2, 0.25) is 0 Å². The molecule has 3 heterocycles. The fourth-order valence-electron chi connectivity index (χ4n) is 3.54. The van der Waals surface area contributed by atoms with Gasteiger partial charge in [0.25, 0.3) is 0 Å². The van der Waals surface area contributed by atoms with Crippen molar-refractivity contribution < 1.29 is 14.3 Å². The minimum atomic E-state index is -0.447. The zero-order chi connectivity index (χ0) is 21.2. The van der Waals surface area contributed by atoms with E-state index in [4.69, 9.17) is 4.74 Å². The van der Waals surface area contributed by atoms with E-state index in [-0.39, 0.29) is 11.7 Å². The van der Waals surface area contributed by atoms with Gasteiger partial charge in [-0.15, -0.1) is 11.3 Å². The number of aliphatic imine (C=N–C) groups is 1. The molecule has 0 atom stereocenters. The van der Waals surface area contributed by atoms with E-state index >= 15 is 0 Å². The molecule has 1 fully saturated rings. The Morgan fingerprint density at radius 1 is 1.03 bits per heavy atom. The zero-order valence-electron chi connectivity index (χ0n) is 16.7. The van der Waals surface area contributed by atoms with E-state index < -0.39 is 5.97 Å². The maximum absolute atomic E-state index is 12.4. The molecule has 1 N–H and O–H groups in total. The monoisotopic (exact) mass is 432 g/mol. The fraction of sp³-hybridized carbons (Fsp3) is 0.174. The number of esters is 1. The topological polar surface area (TPSA) is 74.2 Å². The largest absolute Gasteiger partial charge is 0.401 e. The van der Waals surface area contributed by atoms with Crippen molar-refractivity contribution >= 4 is 45.0 Å². The van der Waals surface area contributed by atoms with Gasteiger partial charge in [-0.1, -0.05) is 36.4 Å². The lowest BCUT2D eigenvalue weighted by molar-refractivity contribution is -0.130. The number of carbonyl (C=O) groups is 2. The molecule has 156 valence electrons. The molecular weight excluding hydrogens is 412 g/mol. The molecule has 0 bridgehead atoms. The highest BCUT2D eigenvalue weighted by atomic mass is 32.1. The second-order valence-electron chi connectivity index (χ2n) is 7.29. The Labute approximate surface area is 183 Å². The number of para-hydroxylation sites is 1. The lowest BCUT2D eigenvalue weighted by atomic mass is 10.2. The predicted octanol–water partition coefficient (Wildman–Crippen LogP) is 3.90. The molecule has 3 aromatic rings. The van der Waals surface area contributed by atoms with Crippen molar-refractivity contribution in [2.24, 2.45) is 4.99 Å². The van der Waals surface area contributed by atoms with Gasteiger partial charge in [-0.2, -0.15) is 0 Å². The summed E-state index contributed by atoms with van der Waals surface area (Å²) in [5.74, 6) is -0.102. The molecule has 0 radical (unpaired) electrons. The van der Waals surface area contributed by atoms with E-state index in [0.29, 0.717) is 32.1 Å². The van der Waals surface area contributed by atoms with E-state index in [1.54, 1.807) is 22.4 Å². The van der Waals surface area contributed by atoms with Crippen LogP contribution in [0.3, 0.4) is 0 Å². The van der Waals surface area contributed by atoms with Crippen LogP contribution in [0.5, 0.6) is 0 Å². The number of cyclic esters (lactones) is 1. The molecule has 8 heteroatoms. The van der Waals surface area contributed by atoms with E-state index in [1.165, 1.54) is 0 Å². The summed E-state index contributed by atoms with van der Waals surface area (Å²) in [6.07, 6.45) is 1.73. The molecular formula is C23H20N4O3S. The maximum atomic E-state index is 12.4. The average molecular weight is 433 g/mol.